The van der Waals surface area contributed by atoms with Gasteiger partial charge in [-0.1, -0.05) is 12.1 Å². The van der Waals surface area contributed by atoms with Gasteiger partial charge in [-0.05, 0) is 36.5 Å². The average molecular weight is 261 g/mol. The normalized spacial score (nSPS) is 24.5. The minimum absolute atomic E-state index is 0.291. The fraction of sp³-hybridized carbons (Fsp3) is 0.500. The van der Waals surface area contributed by atoms with Crippen LogP contribution in [0.1, 0.15) is 24.3 Å². The fourth-order valence-corrected chi connectivity index (χ4v) is 2.59. The first-order chi connectivity index (χ1) is 7.94. The molecule has 5 heteroatoms. The molecule has 1 aromatic carbocycles. The molecule has 0 aromatic heterocycles. The molecule has 1 fully saturated rings. The lowest BCUT2D eigenvalue weighted by atomic mass is 9.76. The number of thioether (sulfide) groups is 1. The molecule has 1 aliphatic rings. The Kier molecular flexibility index (Phi) is 3.68. The maximum Gasteiger partial charge on any atom is 0.398 e. The molecule has 2 N–H and O–H groups in total. The highest BCUT2D eigenvalue weighted by molar-refractivity contribution is 7.99. The molecule has 1 nitrogen and oxygen atoms in total. The molecule has 0 aliphatic heterocycles. The second-order valence-electron chi connectivity index (χ2n) is 4.40. The predicted molar refractivity (Wildman–Crippen MR) is 63.2 cm³/mol. The molecule has 0 saturated heterocycles. The van der Waals surface area contributed by atoms with E-state index in [-0.39, 0.29) is 0 Å². The summed E-state index contributed by atoms with van der Waals surface area (Å²) < 4.78 is 36.1. The lowest BCUT2D eigenvalue weighted by Crippen LogP contribution is -2.34. The molecule has 2 rings (SSSR count). The lowest BCUT2D eigenvalue weighted by molar-refractivity contribution is -0.105. The van der Waals surface area contributed by atoms with E-state index in [4.69, 9.17) is 5.73 Å². The second-order valence-corrected chi connectivity index (χ2v) is 5.45. The summed E-state index contributed by atoms with van der Waals surface area (Å²) in [5.74, 6) is -0.340. The third-order valence-electron chi connectivity index (χ3n) is 2.93. The molecule has 0 radical (unpaired) electrons. The molecule has 0 spiro atoms. The van der Waals surface area contributed by atoms with Gasteiger partial charge in [0.15, 0.2) is 0 Å². The van der Waals surface area contributed by atoms with Crippen molar-refractivity contribution in [3.8, 4) is 0 Å². The summed E-state index contributed by atoms with van der Waals surface area (Å²) in [6, 6.07) is 7.63. The smallest absolute Gasteiger partial charge is 0.328 e. The van der Waals surface area contributed by atoms with Crippen LogP contribution in [0.5, 0.6) is 0 Å². The highest BCUT2D eigenvalue weighted by Gasteiger charge is 2.28. The second kappa shape index (κ2) is 4.90. The lowest BCUT2D eigenvalue weighted by Gasteiger charge is -2.32. The van der Waals surface area contributed by atoms with Crippen molar-refractivity contribution >= 4 is 11.8 Å². The van der Waals surface area contributed by atoms with Crippen LogP contribution >= 0.6 is 11.8 Å². The van der Waals surface area contributed by atoms with Gasteiger partial charge in [-0.15, -0.1) is 11.8 Å². The Bertz CT molecular complexity index is 368. The molecular formula is C12H14F3NS. The van der Waals surface area contributed by atoms with Crippen molar-refractivity contribution in [2.24, 2.45) is 5.73 Å². The molecule has 0 bridgehead atoms. The van der Waals surface area contributed by atoms with E-state index in [2.05, 4.69) is 0 Å². The maximum absolute atomic E-state index is 12.0. The SMILES string of the molecule is NC1CC(c2ccc(SCC(F)(F)F)cc2)C1. The number of halogens is 3. The zero-order chi connectivity index (χ0) is 12.5. The zero-order valence-electron chi connectivity index (χ0n) is 9.20. The molecule has 1 saturated carbocycles. The monoisotopic (exact) mass is 261 g/mol. The van der Waals surface area contributed by atoms with E-state index in [9.17, 15) is 13.2 Å². The van der Waals surface area contributed by atoms with Crippen molar-refractivity contribution in [3.63, 3.8) is 0 Å². The van der Waals surface area contributed by atoms with E-state index < -0.39 is 11.9 Å². The Balaban J connectivity index is 1.89. The van der Waals surface area contributed by atoms with E-state index in [0.717, 1.165) is 24.6 Å². The highest BCUT2D eigenvalue weighted by Crippen LogP contribution is 2.36. The van der Waals surface area contributed by atoms with Crippen LogP contribution in [0, 0.1) is 0 Å². The van der Waals surface area contributed by atoms with Gasteiger partial charge in [0.05, 0.1) is 5.75 Å². The van der Waals surface area contributed by atoms with Crippen LogP contribution in [0.4, 0.5) is 13.2 Å². The molecule has 17 heavy (non-hydrogen) atoms. The van der Waals surface area contributed by atoms with Gasteiger partial charge in [-0.2, -0.15) is 13.2 Å². The van der Waals surface area contributed by atoms with Crippen LogP contribution in [-0.4, -0.2) is 18.0 Å². The van der Waals surface area contributed by atoms with Gasteiger partial charge in [-0.3, -0.25) is 0 Å². The number of nitrogens with two attached hydrogens (primary N) is 1. The minimum atomic E-state index is -4.11. The summed E-state index contributed by atoms with van der Waals surface area (Å²) in [6.45, 7) is 0. The van der Waals surface area contributed by atoms with E-state index in [1.807, 2.05) is 12.1 Å². The number of hydrogen-bond acceptors (Lipinski definition) is 2. The van der Waals surface area contributed by atoms with Crippen LogP contribution in [0.15, 0.2) is 29.2 Å². The summed E-state index contributed by atoms with van der Waals surface area (Å²) in [4.78, 5) is 0.662. The van der Waals surface area contributed by atoms with Crippen molar-refractivity contribution < 1.29 is 13.2 Å². The zero-order valence-corrected chi connectivity index (χ0v) is 10.0. The summed E-state index contributed by atoms with van der Waals surface area (Å²) in [5, 5.41) is 0. The first-order valence-corrected chi connectivity index (χ1v) is 6.48. The van der Waals surface area contributed by atoms with Gasteiger partial charge in [-0.25, -0.2) is 0 Å². The number of hydrogen-bond donors (Lipinski definition) is 1. The molecule has 94 valence electrons. The van der Waals surface area contributed by atoms with Crippen LogP contribution in [0.2, 0.25) is 0 Å². The van der Waals surface area contributed by atoms with Crippen molar-refractivity contribution in [2.45, 2.75) is 35.9 Å². The first-order valence-electron chi connectivity index (χ1n) is 5.49. The topological polar surface area (TPSA) is 26.0 Å². The molecule has 0 heterocycles. The van der Waals surface area contributed by atoms with Gasteiger partial charge in [0.2, 0.25) is 0 Å². The summed E-state index contributed by atoms with van der Waals surface area (Å²) in [7, 11) is 0. The molecule has 0 unspecified atom stereocenters. The van der Waals surface area contributed by atoms with Gasteiger partial charge in [0.1, 0.15) is 0 Å². The van der Waals surface area contributed by atoms with Crippen molar-refractivity contribution in [1.82, 2.24) is 0 Å². The highest BCUT2D eigenvalue weighted by atomic mass is 32.2. The molecule has 0 atom stereocenters. The third kappa shape index (κ3) is 3.64. The number of alkyl halides is 3. The van der Waals surface area contributed by atoms with E-state index in [0.29, 0.717) is 16.9 Å². The predicted octanol–water partition coefficient (Wildman–Crippen LogP) is 3.55. The van der Waals surface area contributed by atoms with Crippen molar-refractivity contribution in [1.29, 1.82) is 0 Å². The van der Waals surface area contributed by atoms with Crippen LogP contribution < -0.4 is 5.73 Å². The van der Waals surface area contributed by atoms with Gasteiger partial charge in [0.25, 0.3) is 0 Å². The molecule has 0 amide bonds. The quantitative estimate of drug-likeness (QED) is 0.842. The molecule has 1 aromatic rings. The van der Waals surface area contributed by atoms with Gasteiger partial charge in [0, 0.05) is 10.9 Å². The van der Waals surface area contributed by atoms with E-state index in [1.165, 1.54) is 5.56 Å². The van der Waals surface area contributed by atoms with E-state index >= 15 is 0 Å². The largest absolute Gasteiger partial charge is 0.398 e. The Morgan fingerprint density at radius 3 is 2.24 bits per heavy atom. The Morgan fingerprint density at radius 2 is 1.76 bits per heavy atom. The van der Waals surface area contributed by atoms with Crippen molar-refractivity contribution in [2.75, 3.05) is 5.75 Å². The number of rotatable bonds is 3. The third-order valence-corrected chi connectivity index (χ3v) is 4.01. The Morgan fingerprint density at radius 1 is 1.18 bits per heavy atom. The fourth-order valence-electron chi connectivity index (χ4n) is 1.94. The van der Waals surface area contributed by atoms with Gasteiger partial charge < -0.3 is 5.73 Å². The Hall–Kier alpha value is -0.680. The number of benzene rings is 1. The first kappa shape index (κ1) is 12.8. The molecular weight excluding hydrogens is 247 g/mol. The van der Waals surface area contributed by atoms with Crippen LogP contribution in [0.3, 0.4) is 0 Å². The van der Waals surface area contributed by atoms with E-state index in [1.54, 1.807) is 12.1 Å². The van der Waals surface area contributed by atoms with Crippen molar-refractivity contribution in [3.05, 3.63) is 29.8 Å². The average Bonchev–Trinajstić information content (AvgIpc) is 2.22. The summed E-state index contributed by atoms with van der Waals surface area (Å²) >= 11 is 0.824. The minimum Gasteiger partial charge on any atom is -0.328 e. The standard InChI is InChI=1S/C12H14F3NS/c13-12(14,15)7-17-11-3-1-8(2-4-11)9-5-10(16)6-9/h1-4,9-10H,5-7,16H2. The Labute approximate surface area is 103 Å². The van der Waals surface area contributed by atoms with Crippen LogP contribution in [-0.2, 0) is 0 Å². The van der Waals surface area contributed by atoms with Gasteiger partial charge >= 0.3 is 6.18 Å². The summed E-state index contributed by atoms with van der Waals surface area (Å²) in [5.41, 5.74) is 6.89. The molecule has 1 aliphatic carbocycles. The summed E-state index contributed by atoms with van der Waals surface area (Å²) in [6.07, 6.45) is -2.14. The maximum atomic E-state index is 12.0. The van der Waals surface area contributed by atoms with Crippen LogP contribution in [0.25, 0.3) is 0 Å².